The zero-order chi connectivity index (χ0) is 21.5. The van der Waals surface area contributed by atoms with Crippen LogP contribution < -0.4 is 4.90 Å². The smallest absolute Gasteiger partial charge is 0.409 e. The zero-order valence-corrected chi connectivity index (χ0v) is 17.9. The molecule has 9 heteroatoms. The number of thiazole rings is 1. The molecule has 1 aliphatic heterocycles. The molecule has 0 saturated carbocycles. The largest absolute Gasteiger partial charge is 0.461 e. The van der Waals surface area contributed by atoms with Gasteiger partial charge >= 0.3 is 12.1 Å². The van der Waals surface area contributed by atoms with Crippen molar-refractivity contribution in [1.82, 2.24) is 9.88 Å². The van der Waals surface area contributed by atoms with E-state index in [0.717, 1.165) is 5.56 Å². The molecule has 1 aromatic heterocycles. The van der Waals surface area contributed by atoms with Crippen molar-refractivity contribution in [2.75, 3.05) is 37.7 Å². The number of aromatic nitrogens is 1. The van der Waals surface area contributed by atoms with Gasteiger partial charge in [0.1, 0.15) is 6.61 Å². The molecule has 1 aromatic carbocycles. The number of rotatable bonds is 9. The van der Waals surface area contributed by atoms with Crippen molar-refractivity contribution >= 4 is 34.4 Å². The molecule has 0 spiro atoms. The lowest BCUT2D eigenvalue weighted by atomic mass is 10.1. The Morgan fingerprint density at radius 1 is 1.30 bits per heavy atom. The summed E-state index contributed by atoms with van der Waals surface area (Å²) in [5.41, 5.74) is 1.33. The molecule has 0 aliphatic carbocycles. The van der Waals surface area contributed by atoms with Gasteiger partial charge in [-0.2, -0.15) is 0 Å². The lowest BCUT2D eigenvalue weighted by Crippen LogP contribution is -2.36. The Balaban J connectivity index is 1.76. The number of amides is 2. The molecule has 0 radical (unpaired) electrons. The fourth-order valence-corrected chi connectivity index (χ4v) is 4.03. The van der Waals surface area contributed by atoms with Crippen molar-refractivity contribution in [3.63, 3.8) is 0 Å². The summed E-state index contributed by atoms with van der Waals surface area (Å²) in [6.45, 7) is 5.32. The number of carbonyl (C=O) groups is 3. The van der Waals surface area contributed by atoms with Crippen molar-refractivity contribution in [2.45, 2.75) is 26.7 Å². The second kappa shape index (κ2) is 10.2. The van der Waals surface area contributed by atoms with Gasteiger partial charge in [-0.25, -0.2) is 14.6 Å². The summed E-state index contributed by atoms with van der Waals surface area (Å²) < 4.78 is 9.98. The number of benzene rings is 1. The molecule has 0 unspecified atom stereocenters. The fourth-order valence-electron chi connectivity index (χ4n) is 3.09. The Hall–Kier alpha value is -2.94. The molecule has 1 aliphatic rings. The molecule has 8 nitrogen and oxygen atoms in total. The molecular formula is C21H25N3O5S. The van der Waals surface area contributed by atoms with Crippen LogP contribution in [0.2, 0.25) is 0 Å². The van der Waals surface area contributed by atoms with E-state index in [2.05, 4.69) is 4.98 Å². The van der Waals surface area contributed by atoms with Gasteiger partial charge in [0.05, 0.1) is 13.2 Å². The molecule has 2 amide bonds. The number of hydrogen-bond acceptors (Lipinski definition) is 7. The first-order valence-electron chi connectivity index (χ1n) is 9.90. The maximum atomic E-state index is 13.0. The Morgan fingerprint density at radius 2 is 2.07 bits per heavy atom. The molecule has 0 N–H and O–H groups in total. The molecule has 30 heavy (non-hydrogen) atoms. The first-order valence-corrected chi connectivity index (χ1v) is 10.7. The average Bonchev–Trinajstić information content (AvgIpc) is 3.33. The third kappa shape index (κ3) is 5.35. The van der Waals surface area contributed by atoms with Crippen LogP contribution in [0.4, 0.5) is 9.93 Å². The number of carbonyl (C=O) groups excluding carboxylic acids is 3. The number of anilines is 1. The number of esters is 1. The van der Waals surface area contributed by atoms with Crippen molar-refractivity contribution in [3.8, 4) is 0 Å². The van der Waals surface area contributed by atoms with E-state index in [0.29, 0.717) is 36.1 Å². The summed E-state index contributed by atoms with van der Waals surface area (Å²) in [7, 11) is 0. The second-order valence-corrected chi connectivity index (χ2v) is 7.94. The van der Waals surface area contributed by atoms with Crippen LogP contribution >= 0.6 is 11.3 Å². The van der Waals surface area contributed by atoms with Crippen molar-refractivity contribution in [3.05, 3.63) is 46.5 Å². The zero-order valence-electron chi connectivity index (χ0n) is 17.1. The van der Waals surface area contributed by atoms with Crippen molar-refractivity contribution in [1.29, 1.82) is 0 Å². The van der Waals surface area contributed by atoms with E-state index in [1.165, 1.54) is 16.2 Å². The summed E-state index contributed by atoms with van der Waals surface area (Å²) in [5, 5.41) is 0.459. The number of hydrogen-bond donors (Lipinski definition) is 0. The van der Waals surface area contributed by atoms with Gasteiger partial charge in [-0.1, -0.05) is 30.3 Å². The third-order valence-corrected chi connectivity index (χ3v) is 5.69. The first kappa shape index (κ1) is 21.8. The highest BCUT2D eigenvalue weighted by Gasteiger charge is 2.26. The van der Waals surface area contributed by atoms with Gasteiger partial charge in [0.25, 0.3) is 0 Å². The van der Waals surface area contributed by atoms with E-state index >= 15 is 0 Å². The maximum Gasteiger partial charge on any atom is 0.409 e. The van der Waals surface area contributed by atoms with Gasteiger partial charge in [0.2, 0.25) is 5.91 Å². The minimum atomic E-state index is -0.493. The Labute approximate surface area is 179 Å². The van der Waals surface area contributed by atoms with Crippen LogP contribution in [0.1, 0.15) is 34.3 Å². The SMILES string of the molecule is CCOC(=O)c1nc(N(CCc2ccccc2)C(=O)CCN2CCOC2=O)sc1C. The van der Waals surface area contributed by atoms with Crippen molar-refractivity contribution < 1.29 is 23.9 Å². The molecular weight excluding hydrogens is 406 g/mol. The summed E-state index contributed by atoms with van der Waals surface area (Å²) in [6.07, 6.45) is 0.400. The molecule has 2 heterocycles. The molecule has 160 valence electrons. The van der Waals surface area contributed by atoms with E-state index in [4.69, 9.17) is 9.47 Å². The summed E-state index contributed by atoms with van der Waals surface area (Å²) in [4.78, 5) is 45.0. The molecule has 1 fully saturated rings. The molecule has 3 rings (SSSR count). The fraction of sp³-hybridized carbons (Fsp3) is 0.429. The highest BCUT2D eigenvalue weighted by molar-refractivity contribution is 7.16. The van der Waals surface area contributed by atoms with Crippen LogP contribution in [-0.4, -0.2) is 60.7 Å². The standard InChI is InChI=1S/C21H25N3O5S/c1-3-28-19(26)18-15(2)30-20(22-18)24(12-9-16-7-5-4-6-8-16)17(25)10-11-23-13-14-29-21(23)27/h4-8H,3,9-14H2,1-2H3. The highest BCUT2D eigenvalue weighted by atomic mass is 32.1. The predicted molar refractivity (Wildman–Crippen MR) is 113 cm³/mol. The van der Waals surface area contributed by atoms with Crippen LogP contribution in [0.3, 0.4) is 0 Å². The van der Waals surface area contributed by atoms with E-state index in [1.807, 2.05) is 30.3 Å². The number of nitrogens with zero attached hydrogens (tertiary/aromatic N) is 3. The second-order valence-electron chi connectivity index (χ2n) is 6.75. The van der Waals surface area contributed by atoms with Gasteiger partial charge in [-0.05, 0) is 25.8 Å². The topological polar surface area (TPSA) is 89.0 Å². The van der Waals surface area contributed by atoms with Crippen LogP contribution in [0.5, 0.6) is 0 Å². The van der Waals surface area contributed by atoms with Gasteiger partial charge in [-0.15, -0.1) is 11.3 Å². The average molecular weight is 432 g/mol. The van der Waals surface area contributed by atoms with Gasteiger partial charge in [0.15, 0.2) is 10.8 Å². The molecule has 0 bridgehead atoms. The van der Waals surface area contributed by atoms with Gasteiger partial charge in [-0.3, -0.25) is 9.69 Å². The van der Waals surface area contributed by atoms with E-state index in [-0.39, 0.29) is 31.2 Å². The van der Waals surface area contributed by atoms with Crippen LogP contribution in [-0.2, 0) is 20.7 Å². The lowest BCUT2D eigenvalue weighted by Gasteiger charge is -2.21. The van der Waals surface area contributed by atoms with Gasteiger partial charge < -0.3 is 14.4 Å². The Kier molecular flexibility index (Phi) is 7.40. The minimum Gasteiger partial charge on any atom is -0.461 e. The highest BCUT2D eigenvalue weighted by Crippen LogP contribution is 2.27. The number of cyclic esters (lactones) is 1. The minimum absolute atomic E-state index is 0.150. The van der Waals surface area contributed by atoms with Crippen LogP contribution in [0, 0.1) is 6.92 Å². The number of aryl methyl sites for hydroxylation is 1. The first-order chi connectivity index (χ1) is 14.5. The summed E-state index contributed by atoms with van der Waals surface area (Å²) in [6, 6.07) is 9.84. The predicted octanol–water partition coefficient (Wildman–Crippen LogP) is 3.05. The third-order valence-electron chi connectivity index (χ3n) is 4.69. The number of ether oxygens (including phenoxy) is 2. The Morgan fingerprint density at radius 3 is 2.73 bits per heavy atom. The van der Waals surface area contributed by atoms with Gasteiger partial charge in [0, 0.05) is 24.4 Å². The van der Waals surface area contributed by atoms with E-state index < -0.39 is 12.1 Å². The van der Waals surface area contributed by atoms with Crippen molar-refractivity contribution in [2.24, 2.45) is 0 Å². The quantitative estimate of drug-likeness (QED) is 0.567. The summed E-state index contributed by atoms with van der Waals surface area (Å²) in [5.74, 6) is -0.650. The monoisotopic (exact) mass is 431 g/mol. The molecule has 1 saturated heterocycles. The molecule has 2 aromatic rings. The normalized spacial score (nSPS) is 13.3. The Bertz CT molecular complexity index is 899. The maximum absolute atomic E-state index is 13.0. The van der Waals surface area contributed by atoms with Crippen LogP contribution in [0.15, 0.2) is 30.3 Å². The lowest BCUT2D eigenvalue weighted by molar-refractivity contribution is -0.118. The molecule has 0 atom stereocenters. The summed E-state index contributed by atoms with van der Waals surface area (Å²) >= 11 is 1.29. The van der Waals surface area contributed by atoms with Crippen LogP contribution in [0.25, 0.3) is 0 Å². The van der Waals surface area contributed by atoms with E-state index in [1.54, 1.807) is 18.7 Å². The van der Waals surface area contributed by atoms with E-state index in [9.17, 15) is 14.4 Å².